The lowest BCUT2D eigenvalue weighted by atomic mass is 9.87. The Labute approximate surface area is 156 Å². The summed E-state index contributed by atoms with van der Waals surface area (Å²) in [5, 5.41) is 2.73. The van der Waals surface area contributed by atoms with Gasteiger partial charge in [0.2, 0.25) is 15.9 Å². The zero-order valence-electron chi connectivity index (χ0n) is 15.9. The molecule has 2 rings (SSSR count). The van der Waals surface area contributed by atoms with Crippen LogP contribution in [0.1, 0.15) is 31.9 Å². The van der Waals surface area contributed by atoms with Gasteiger partial charge >= 0.3 is 0 Å². The normalized spacial score (nSPS) is 11.9. The average molecular weight is 375 g/mol. The van der Waals surface area contributed by atoms with Crippen molar-refractivity contribution >= 4 is 27.3 Å². The van der Waals surface area contributed by atoms with Crippen molar-refractivity contribution < 1.29 is 13.2 Å². The molecule has 1 amide bonds. The maximum Gasteiger partial charge on any atom is 0.245 e. The minimum Gasteiger partial charge on any atom is -0.325 e. The van der Waals surface area contributed by atoms with Crippen LogP contribution in [0, 0.1) is 6.92 Å². The Balaban J connectivity index is 2.20. The number of hydrogen-bond donors (Lipinski definition) is 1. The number of benzene rings is 2. The smallest absolute Gasteiger partial charge is 0.245 e. The fourth-order valence-corrected chi connectivity index (χ4v) is 3.35. The molecule has 0 heterocycles. The van der Waals surface area contributed by atoms with Crippen LogP contribution in [-0.4, -0.2) is 27.1 Å². The van der Waals surface area contributed by atoms with Gasteiger partial charge in [0.1, 0.15) is 6.54 Å². The molecule has 0 spiro atoms. The van der Waals surface area contributed by atoms with Crippen LogP contribution < -0.4 is 9.62 Å². The summed E-state index contributed by atoms with van der Waals surface area (Å²) in [5.74, 6) is -0.390. The fourth-order valence-electron chi connectivity index (χ4n) is 2.50. The molecule has 0 aliphatic heterocycles. The summed E-state index contributed by atoms with van der Waals surface area (Å²) in [4.78, 5) is 12.3. The van der Waals surface area contributed by atoms with Crippen LogP contribution >= 0.6 is 0 Å². The molecule has 0 bridgehead atoms. The average Bonchev–Trinajstić information content (AvgIpc) is 2.53. The standard InChI is InChI=1S/C20H26N2O3S/c1-15-6-10-17(11-7-15)21-19(23)14-22(26(5,24)25)18-12-8-16(9-13-18)20(2,3)4/h6-13H,14H2,1-5H3,(H,21,23). The third-order valence-corrected chi connectivity index (χ3v) is 5.18. The maximum absolute atomic E-state index is 12.3. The summed E-state index contributed by atoms with van der Waals surface area (Å²) in [6, 6.07) is 14.6. The molecule has 0 fully saturated rings. The lowest BCUT2D eigenvalue weighted by molar-refractivity contribution is -0.114. The van der Waals surface area contributed by atoms with Crippen LogP contribution in [0.3, 0.4) is 0 Å². The van der Waals surface area contributed by atoms with E-state index in [0.717, 1.165) is 21.7 Å². The van der Waals surface area contributed by atoms with Gasteiger partial charge in [-0.05, 0) is 42.2 Å². The van der Waals surface area contributed by atoms with E-state index >= 15 is 0 Å². The molecule has 6 heteroatoms. The zero-order valence-corrected chi connectivity index (χ0v) is 16.7. The lowest BCUT2D eigenvalue weighted by Crippen LogP contribution is -2.37. The summed E-state index contributed by atoms with van der Waals surface area (Å²) in [6.07, 6.45) is 1.10. The summed E-state index contributed by atoms with van der Waals surface area (Å²) in [7, 11) is -3.59. The Hall–Kier alpha value is -2.34. The molecule has 0 saturated carbocycles. The number of nitrogens with one attached hydrogen (secondary N) is 1. The molecule has 26 heavy (non-hydrogen) atoms. The third kappa shape index (κ3) is 5.33. The van der Waals surface area contributed by atoms with Gasteiger partial charge in [0.15, 0.2) is 0 Å². The van der Waals surface area contributed by atoms with Gasteiger partial charge in [-0.3, -0.25) is 9.10 Å². The molecule has 0 unspecified atom stereocenters. The van der Waals surface area contributed by atoms with E-state index in [9.17, 15) is 13.2 Å². The number of nitrogens with zero attached hydrogens (tertiary/aromatic N) is 1. The van der Waals surface area contributed by atoms with Crippen molar-refractivity contribution in [2.75, 3.05) is 22.4 Å². The van der Waals surface area contributed by atoms with Gasteiger partial charge < -0.3 is 5.32 Å². The number of carbonyl (C=O) groups is 1. The first-order valence-electron chi connectivity index (χ1n) is 8.41. The summed E-state index contributed by atoms with van der Waals surface area (Å²) in [6.45, 7) is 7.95. The largest absolute Gasteiger partial charge is 0.325 e. The minimum atomic E-state index is -3.59. The Bertz CT molecular complexity index is 865. The summed E-state index contributed by atoms with van der Waals surface area (Å²) >= 11 is 0. The highest BCUT2D eigenvalue weighted by atomic mass is 32.2. The van der Waals surface area contributed by atoms with E-state index in [1.165, 1.54) is 0 Å². The first-order valence-corrected chi connectivity index (χ1v) is 10.3. The van der Waals surface area contributed by atoms with E-state index in [4.69, 9.17) is 0 Å². The summed E-state index contributed by atoms with van der Waals surface area (Å²) < 4.78 is 25.5. The first kappa shape index (κ1) is 20.0. The van der Waals surface area contributed by atoms with Gasteiger partial charge in [0.25, 0.3) is 0 Å². The molecule has 0 aliphatic rings. The molecule has 0 aromatic heterocycles. The maximum atomic E-state index is 12.3. The van der Waals surface area contributed by atoms with E-state index in [1.807, 2.05) is 31.2 Å². The number of rotatable bonds is 5. The molecule has 2 aromatic rings. The topological polar surface area (TPSA) is 66.5 Å². The van der Waals surface area contributed by atoms with E-state index in [-0.39, 0.29) is 17.9 Å². The van der Waals surface area contributed by atoms with E-state index in [2.05, 4.69) is 26.1 Å². The highest BCUT2D eigenvalue weighted by Crippen LogP contribution is 2.26. The molecular weight excluding hydrogens is 348 g/mol. The Morgan fingerprint density at radius 3 is 2.00 bits per heavy atom. The van der Waals surface area contributed by atoms with Gasteiger partial charge in [0.05, 0.1) is 11.9 Å². The van der Waals surface area contributed by atoms with Gasteiger partial charge in [-0.15, -0.1) is 0 Å². The monoisotopic (exact) mass is 374 g/mol. The number of aryl methyl sites for hydroxylation is 1. The second-order valence-electron chi connectivity index (χ2n) is 7.48. The molecule has 5 nitrogen and oxygen atoms in total. The van der Waals surface area contributed by atoms with Crippen LogP contribution in [0.25, 0.3) is 0 Å². The van der Waals surface area contributed by atoms with Crippen molar-refractivity contribution in [1.29, 1.82) is 0 Å². The molecule has 0 aliphatic carbocycles. The quantitative estimate of drug-likeness (QED) is 0.868. The molecule has 0 atom stereocenters. The number of sulfonamides is 1. The minimum absolute atomic E-state index is 0.0305. The Morgan fingerprint density at radius 2 is 1.54 bits per heavy atom. The second kappa shape index (κ2) is 7.50. The molecule has 2 aromatic carbocycles. The van der Waals surface area contributed by atoms with Crippen molar-refractivity contribution in [2.24, 2.45) is 0 Å². The highest BCUT2D eigenvalue weighted by Gasteiger charge is 2.22. The molecule has 140 valence electrons. The van der Waals surface area contributed by atoms with Crippen LogP contribution in [-0.2, 0) is 20.2 Å². The fraction of sp³-hybridized carbons (Fsp3) is 0.350. The van der Waals surface area contributed by atoms with Crippen molar-refractivity contribution in [3.8, 4) is 0 Å². The molecule has 1 N–H and O–H groups in total. The highest BCUT2D eigenvalue weighted by molar-refractivity contribution is 7.92. The van der Waals surface area contributed by atoms with Crippen molar-refractivity contribution in [3.05, 3.63) is 59.7 Å². The lowest BCUT2D eigenvalue weighted by Gasteiger charge is -2.24. The van der Waals surface area contributed by atoms with Gasteiger partial charge in [-0.25, -0.2) is 8.42 Å². The van der Waals surface area contributed by atoms with Crippen molar-refractivity contribution in [3.63, 3.8) is 0 Å². The first-order chi connectivity index (χ1) is 12.0. The second-order valence-corrected chi connectivity index (χ2v) is 9.39. The van der Waals surface area contributed by atoms with Gasteiger partial charge in [0, 0.05) is 5.69 Å². The van der Waals surface area contributed by atoms with Crippen LogP contribution in [0.5, 0.6) is 0 Å². The van der Waals surface area contributed by atoms with Gasteiger partial charge in [-0.2, -0.15) is 0 Å². The van der Waals surface area contributed by atoms with Crippen LogP contribution in [0.2, 0.25) is 0 Å². The van der Waals surface area contributed by atoms with Crippen LogP contribution in [0.15, 0.2) is 48.5 Å². The number of carbonyl (C=O) groups excluding carboxylic acids is 1. The van der Waals surface area contributed by atoms with Crippen molar-refractivity contribution in [1.82, 2.24) is 0 Å². The van der Waals surface area contributed by atoms with E-state index < -0.39 is 10.0 Å². The number of hydrogen-bond acceptors (Lipinski definition) is 3. The van der Waals surface area contributed by atoms with Gasteiger partial charge in [-0.1, -0.05) is 50.6 Å². The predicted octanol–water partition coefficient (Wildman–Crippen LogP) is 3.70. The summed E-state index contributed by atoms with van der Waals surface area (Å²) in [5.41, 5.74) is 3.26. The number of anilines is 2. The van der Waals surface area contributed by atoms with Crippen molar-refractivity contribution in [2.45, 2.75) is 33.1 Å². The predicted molar refractivity (Wildman–Crippen MR) is 107 cm³/mol. The zero-order chi connectivity index (χ0) is 19.5. The molecular formula is C20H26N2O3S. The van der Waals surface area contributed by atoms with E-state index in [0.29, 0.717) is 11.4 Å². The van der Waals surface area contributed by atoms with E-state index in [1.54, 1.807) is 24.3 Å². The SMILES string of the molecule is Cc1ccc(NC(=O)CN(c2ccc(C(C)(C)C)cc2)S(C)(=O)=O)cc1. The third-order valence-electron chi connectivity index (χ3n) is 4.04. The Kier molecular flexibility index (Phi) is 5.76. The molecule has 0 saturated heterocycles. The van der Waals surface area contributed by atoms with Crippen LogP contribution in [0.4, 0.5) is 11.4 Å². The molecule has 0 radical (unpaired) electrons. The number of amides is 1. The Morgan fingerprint density at radius 1 is 1.00 bits per heavy atom.